The minimum absolute atomic E-state index is 0.322. The predicted octanol–water partition coefficient (Wildman–Crippen LogP) is 2.81. The summed E-state index contributed by atoms with van der Waals surface area (Å²) in [6.07, 6.45) is 0. The molecule has 0 bridgehead atoms. The molecule has 0 atom stereocenters. The third-order valence-corrected chi connectivity index (χ3v) is 1.97. The van der Waals surface area contributed by atoms with Gasteiger partial charge in [-0.3, -0.25) is 4.79 Å². The Kier molecular flexibility index (Phi) is 2.95. The normalized spacial score (nSPS) is 9.50. The molecule has 0 fully saturated rings. The van der Waals surface area contributed by atoms with Crippen LogP contribution in [0.25, 0.3) is 5.57 Å². The summed E-state index contributed by atoms with van der Waals surface area (Å²) in [4.78, 5) is 10.8. The second-order valence-corrected chi connectivity index (χ2v) is 3.13. The Hall–Kier alpha value is -0.730. The smallest absolute Gasteiger partial charge is 0.216 e. The van der Waals surface area contributed by atoms with E-state index in [1.54, 1.807) is 24.3 Å². The second kappa shape index (κ2) is 3.78. The van der Waals surface area contributed by atoms with Crippen LogP contribution in [-0.2, 0) is 4.79 Å². The standard InChI is InChI=1S/C9H7ClOS/c1-6(9(11)12)7-2-4-8(10)5-3-7/h2-5H,1H2,(H,11,12). The van der Waals surface area contributed by atoms with E-state index in [2.05, 4.69) is 19.2 Å². The predicted molar refractivity (Wildman–Crippen MR) is 54.5 cm³/mol. The monoisotopic (exact) mass is 198 g/mol. The summed E-state index contributed by atoms with van der Waals surface area (Å²) in [5.41, 5.74) is 1.13. The lowest BCUT2D eigenvalue weighted by atomic mass is 10.1. The van der Waals surface area contributed by atoms with Crippen LogP contribution in [0.1, 0.15) is 5.56 Å². The molecule has 0 saturated heterocycles. The van der Waals surface area contributed by atoms with Crippen LogP contribution in [0, 0.1) is 0 Å². The van der Waals surface area contributed by atoms with Crippen LogP contribution in [0.5, 0.6) is 0 Å². The van der Waals surface area contributed by atoms with Crippen molar-refractivity contribution in [2.75, 3.05) is 0 Å². The molecule has 0 saturated carbocycles. The van der Waals surface area contributed by atoms with Gasteiger partial charge in [-0.2, -0.15) is 0 Å². The first kappa shape index (κ1) is 9.36. The lowest BCUT2D eigenvalue weighted by molar-refractivity contribution is -0.106. The Morgan fingerprint density at radius 3 is 2.25 bits per heavy atom. The summed E-state index contributed by atoms with van der Waals surface area (Å²) < 4.78 is 0. The summed E-state index contributed by atoms with van der Waals surface area (Å²) >= 11 is 9.32. The maximum atomic E-state index is 10.8. The third kappa shape index (κ3) is 2.13. The van der Waals surface area contributed by atoms with E-state index in [4.69, 9.17) is 11.6 Å². The van der Waals surface area contributed by atoms with Gasteiger partial charge in [0.1, 0.15) is 0 Å². The van der Waals surface area contributed by atoms with Crippen LogP contribution >= 0.6 is 24.2 Å². The van der Waals surface area contributed by atoms with Crippen molar-refractivity contribution in [3.05, 3.63) is 41.4 Å². The summed E-state index contributed by atoms with van der Waals surface area (Å²) in [6, 6.07) is 6.88. The van der Waals surface area contributed by atoms with Crippen molar-refractivity contribution in [2.45, 2.75) is 0 Å². The quantitative estimate of drug-likeness (QED) is 0.571. The van der Waals surface area contributed by atoms with Crippen LogP contribution in [0.2, 0.25) is 5.02 Å². The van der Waals surface area contributed by atoms with Crippen molar-refractivity contribution < 1.29 is 4.79 Å². The molecule has 0 N–H and O–H groups in total. The van der Waals surface area contributed by atoms with Gasteiger partial charge in [0.25, 0.3) is 0 Å². The van der Waals surface area contributed by atoms with E-state index in [1.807, 2.05) is 0 Å². The number of benzene rings is 1. The van der Waals surface area contributed by atoms with E-state index in [0.29, 0.717) is 10.6 Å². The van der Waals surface area contributed by atoms with Crippen molar-refractivity contribution in [3.8, 4) is 0 Å². The zero-order valence-corrected chi connectivity index (χ0v) is 7.90. The molecule has 0 aliphatic rings. The second-order valence-electron chi connectivity index (χ2n) is 2.29. The van der Waals surface area contributed by atoms with Gasteiger partial charge in [0.15, 0.2) is 0 Å². The molecule has 1 nitrogen and oxygen atoms in total. The molecule has 12 heavy (non-hydrogen) atoms. The molecule has 1 aromatic rings. The van der Waals surface area contributed by atoms with Crippen LogP contribution in [-0.4, -0.2) is 5.12 Å². The van der Waals surface area contributed by atoms with E-state index >= 15 is 0 Å². The van der Waals surface area contributed by atoms with E-state index < -0.39 is 0 Å². The Labute approximate surface area is 81.5 Å². The molecule has 0 aliphatic heterocycles. The minimum atomic E-state index is -0.322. The molecule has 0 amide bonds. The van der Waals surface area contributed by atoms with Crippen molar-refractivity contribution in [3.63, 3.8) is 0 Å². The summed E-state index contributed by atoms with van der Waals surface area (Å²) in [6.45, 7) is 3.59. The Morgan fingerprint density at radius 1 is 1.33 bits per heavy atom. The molecule has 0 aromatic heterocycles. The molecule has 0 radical (unpaired) electrons. The molecule has 0 aliphatic carbocycles. The topological polar surface area (TPSA) is 17.1 Å². The fourth-order valence-corrected chi connectivity index (χ4v) is 1.03. The Balaban J connectivity index is 2.98. The lowest BCUT2D eigenvalue weighted by Gasteiger charge is -1.99. The highest BCUT2D eigenvalue weighted by Crippen LogP contribution is 2.17. The van der Waals surface area contributed by atoms with Crippen LogP contribution in [0.4, 0.5) is 0 Å². The van der Waals surface area contributed by atoms with Crippen molar-refractivity contribution >= 4 is 34.9 Å². The van der Waals surface area contributed by atoms with E-state index in [0.717, 1.165) is 5.56 Å². The molecule has 1 rings (SSSR count). The van der Waals surface area contributed by atoms with Crippen LogP contribution in [0.3, 0.4) is 0 Å². The number of carbonyl (C=O) groups is 1. The molecular formula is C9H7ClOS. The van der Waals surface area contributed by atoms with Gasteiger partial charge >= 0.3 is 0 Å². The molecule has 0 spiro atoms. The minimum Gasteiger partial charge on any atom is -0.282 e. The highest BCUT2D eigenvalue weighted by molar-refractivity contribution is 7.98. The summed E-state index contributed by atoms with van der Waals surface area (Å²) in [5, 5.41) is 0.315. The largest absolute Gasteiger partial charge is 0.282 e. The van der Waals surface area contributed by atoms with Gasteiger partial charge in [0.2, 0.25) is 5.12 Å². The van der Waals surface area contributed by atoms with Gasteiger partial charge in [-0.15, -0.1) is 12.6 Å². The van der Waals surface area contributed by atoms with Gasteiger partial charge < -0.3 is 0 Å². The van der Waals surface area contributed by atoms with E-state index in [1.165, 1.54) is 0 Å². The number of rotatable bonds is 2. The highest BCUT2D eigenvalue weighted by Gasteiger charge is 2.03. The summed E-state index contributed by atoms with van der Waals surface area (Å²) in [5.74, 6) is 0. The molecule has 3 heteroatoms. The van der Waals surface area contributed by atoms with E-state index in [-0.39, 0.29) is 5.12 Å². The van der Waals surface area contributed by atoms with Gasteiger partial charge in [0.05, 0.1) is 0 Å². The number of hydrogen-bond acceptors (Lipinski definition) is 1. The van der Waals surface area contributed by atoms with Gasteiger partial charge in [-0.05, 0) is 17.7 Å². The highest BCUT2D eigenvalue weighted by atomic mass is 35.5. The molecule has 62 valence electrons. The number of halogens is 1. The molecule has 1 aromatic carbocycles. The van der Waals surface area contributed by atoms with E-state index in [9.17, 15) is 4.79 Å². The average Bonchev–Trinajstić information content (AvgIpc) is 2.04. The van der Waals surface area contributed by atoms with Crippen molar-refractivity contribution in [2.24, 2.45) is 0 Å². The first-order valence-electron chi connectivity index (χ1n) is 3.29. The first-order chi connectivity index (χ1) is 5.61. The fourth-order valence-electron chi connectivity index (χ4n) is 0.775. The first-order valence-corrected chi connectivity index (χ1v) is 4.12. The van der Waals surface area contributed by atoms with Crippen molar-refractivity contribution in [1.29, 1.82) is 0 Å². The molecular weight excluding hydrogens is 192 g/mol. The summed E-state index contributed by atoms with van der Waals surface area (Å²) in [7, 11) is 0. The SMILES string of the molecule is C=C(C(=O)S)c1ccc(Cl)cc1. The van der Waals surface area contributed by atoms with Gasteiger partial charge in [0, 0.05) is 10.6 Å². The fraction of sp³-hybridized carbons (Fsp3) is 0. The zero-order chi connectivity index (χ0) is 9.14. The maximum Gasteiger partial charge on any atom is 0.216 e. The molecule has 0 heterocycles. The number of carbonyl (C=O) groups excluding carboxylic acids is 1. The molecule has 0 unspecified atom stereocenters. The third-order valence-electron chi connectivity index (χ3n) is 1.45. The van der Waals surface area contributed by atoms with Crippen molar-refractivity contribution in [1.82, 2.24) is 0 Å². The Bertz CT molecular complexity index is 316. The number of thiol groups is 1. The van der Waals surface area contributed by atoms with Crippen LogP contribution < -0.4 is 0 Å². The Morgan fingerprint density at radius 2 is 1.83 bits per heavy atom. The number of hydrogen-bond donors (Lipinski definition) is 1. The zero-order valence-electron chi connectivity index (χ0n) is 6.25. The maximum absolute atomic E-state index is 10.8. The van der Waals surface area contributed by atoms with Gasteiger partial charge in [-0.1, -0.05) is 30.3 Å². The van der Waals surface area contributed by atoms with Crippen LogP contribution in [0.15, 0.2) is 30.8 Å². The lowest BCUT2D eigenvalue weighted by Crippen LogP contribution is -1.90. The average molecular weight is 199 g/mol. The van der Waals surface area contributed by atoms with Gasteiger partial charge in [-0.25, -0.2) is 0 Å².